The molecule has 4 heteroatoms. The number of benzene rings is 1. The van der Waals surface area contributed by atoms with Crippen molar-refractivity contribution in [1.29, 1.82) is 0 Å². The van der Waals surface area contributed by atoms with E-state index in [-0.39, 0.29) is 6.09 Å². The molecule has 1 aliphatic rings. The Morgan fingerprint density at radius 2 is 1.87 bits per heavy atom. The maximum atomic E-state index is 12.1. The summed E-state index contributed by atoms with van der Waals surface area (Å²) in [6.07, 6.45) is 6.13. The van der Waals surface area contributed by atoms with Gasteiger partial charge in [0.2, 0.25) is 0 Å². The highest BCUT2D eigenvalue weighted by Gasteiger charge is 2.21. The van der Waals surface area contributed by atoms with E-state index in [1.807, 2.05) is 32.9 Å². The zero-order chi connectivity index (χ0) is 16.9. The van der Waals surface area contributed by atoms with E-state index in [4.69, 9.17) is 4.74 Å². The number of rotatable bonds is 4. The van der Waals surface area contributed by atoms with Crippen molar-refractivity contribution in [2.24, 2.45) is 0 Å². The van der Waals surface area contributed by atoms with Crippen molar-refractivity contribution in [3.05, 3.63) is 29.8 Å². The van der Waals surface area contributed by atoms with Crippen LogP contribution in [0, 0.1) is 0 Å². The highest BCUT2D eigenvalue weighted by atomic mass is 16.6. The highest BCUT2D eigenvalue weighted by Crippen LogP contribution is 2.24. The zero-order valence-corrected chi connectivity index (χ0v) is 14.9. The van der Waals surface area contributed by atoms with Gasteiger partial charge in [0.25, 0.3) is 0 Å². The van der Waals surface area contributed by atoms with Gasteiger partial charge in [-0.05, 0) is 45.2 Å². The average Bonchev–Trinajstić information content (AvgIpc) is 2.48. The SMILES string of the molecule is CN(Cc1ccccc1NC1CCCCC1)C(=O)OC(C)(C)C. The van der Waals surface area contributed by atoms with Crippen LogP contribution in [0.15, 0.2) is 24.3 Å². The molecule has 0 heterocycles. The first kappa shape index (κ1) is 17.6. The van der Waals surface area contributed by atoms with Crippen LogP contribution < -0.4 is 5.32 Å². The highest BCUT2D eigenvalue weighted by molar-refractivity contribution is 5.68. The van der Waals surface area contributed by atoms with Crippen LogP contribution in [0.4, 0.5) is 10.5 Å². The quantitative estimate of drug-likeness (QED) is 0.867. The normalized spacial score (nSPS) is 16.0. The van der Waals surface area contributed by atoms with Crippen LogP contribution >= 0.6 is 0 Å². The molecule has 1 aromatic rings. The minimum atomic E-state index is -0.467. The summed E-state index contributed by atoms with van der Waals surface area (Å²) in [5.74, 6) is 0. The molecule has 1 N–H and O–H groups in total. The number of nitrogens with zero attached hydrogens (tertiary/aromatic N) is 1. The van der Waals surface area contributed by atoms with Gasteiger partial charge in [0.15, 0.2) is 0 Å². The first-order valence-corrected chi connectivity index (χ1v) is 8.64. The van der Waals surface area contributed by atoms with Crippen LogP contribution in [-0.2, 0) is 11.3 Å². The number of nitrogens with one attached hydrogen (secondary N) is 1. The third kappa shape index (κ3) is 5.77. The molecule has 4 nitrogen and oxygen atoms in total. The first-order valence-electron chi connectivity index (χ1n) is 8.64. The summed E-state index contributed by atoms with van der Waals surface area (Å²) in [6, 6.07) is 8.79. The van der Waals surface area contributed by atoms with Crippen molar-refractivity contribution < 1.29 is 9.53 Å². The van der Waals surface area contributed by atoms with E-state index in [0.717, 1.165) is 11.3 Å². The Hall–Kier alpha value is -1.71. The smallest absolute Gasteiger partial charge is 0.410 e. The lowest BCUT2D eigenvalue weighted by Crippen LogP contribution is -2.34. The minimum Gasteiger partial charge on any atom is -0.444 e. The Balaban J connectivity index is 2.00. The molecule has 0 spiro atoms. The summed E-state index contributed by atoms with van der Waals surface area (Å²) in [4.78, 5) is 13.8. The maximum Gasteiger partial charge on any atom is 0.410 e. The number of amides is 1. The molecule has 23 heavy (non-hydrogen) atoms. The molecular weight excluding hydrogens is 288 g/mol. The Kier molecular flexibility index (Phi) is 5.91. The van der Waals surface area contributed by atoms with Crippen molar-refractivity contribution in [3.8, 4) is 0 Å². The van der Waals surface area contributed by atoms with Gasteiger partial charge in [-0.1, -0.05) is 37.5 Å². The van der Waals surface area contributed by atoms with Crippen molar-refractivity contribution in [3.63, 3.8) is 0 Å². The molecule has 0 aromatic heterocycles. The number of hydrogen-bond donors (Lipinski definition) is 1. The van der Waals surface area contributed by atoms with Crippen molar-refractivity contribution in [1.82, 2.24) is 4.90 Å². The van der Waals surface area contributed by atoms with E-state index < -0.39 is 5.60 Å². The molecule has 1 aromatic carbocycles. The van der Waals surface area contributed by atoms with E-state index >= 15 is 0 Å². The van der Waals surface area contributed by atoms with Gasteiger partial charge in [0.05, 0.1) is 6.54 Å². The van der Waals surface area contributed by atoms with Gasteiger partial charge >= 0.3 is 6.09 Å². The predicted octanol–water partition coefficient (Wildman–Crippen LogP) is 4.80. The van der Waals surface area contributed by atoms with E-state index in [2.05, 4.69) is 17.4 Å². The topological polar surface area (TPSA) is 41.6 Å². The molecule has 1 aliphatic carbocycles. The van der Waals surface area contributed by atoms with E-state index in [1.54, 1.807) is 11.9 Å². The first-order chi connectivity index (χ1) is 10.8. The lowest BCUT2D eigenvalue weighted by atomic mass is 9.95. The summed E-state index contributed by atoms with van der Waals surface area (Å²) < 4.78 is 5.43. The number of para-hydroxylation sites is 1. The number of carbonyl (C=O) groups excluding carboxylic acids is 1. The van der Waals surface area contributed by atoms with Gasteiger partial charge in [0, 0.05) is 18.8 Å². The number of hydrogen-bond acceptors (Lipinski definition) is 3. The van der Waals surface area contributed by atoms with Gasteiger partial charge < -0.3 is 15.0 Å². The largest absolute Gasteiger partial charge is 0.444 e. The predicted molar refractivity (Wildman–Crippen MR) is 94.6 cm³/mol. The second-order valence-corrected chi connectivity index (χ2v) is 7.47. The summed E-state index contributed by atoms with van der Waals surface area (Å²) in [6.45, 7) is 6.21. The van der Waals surface area contributed by atoms with Crippen LogP contribution in [0.1, 0.15) is 58.4 Å². The van der Waals surface area contributed by atoms with Gasteiger partial charge in [0.1, 0.15) is 5.60 Å². The molecule has 0 saturated heterocycles. The third-order valence-corrected chi connectivity index (χ3v) is 4.09. The van der Waals surface area contributed by atoms with Crippen LogP contribution in [0.25, 0.3) is 0 Å². The molecule has 0 aliphatic heterocycles. The van der Waals surface area contributed by atoms with Gasteiger partial charge in [-0.15, -0.1) is 0 Å². The Morgan fingerprint density at radius 3 is 2.52 bits per heavy atom. The molecule has 1 amide bonds. The second-order valence-electron chi connectivity index (χ2n) is 7.47. The monoisotopic (exact) mass is 318 g/mol. The number of ether oxygens (including phenoxy) is 1. The second kappa shape index (κ2) is 7.71. The molecule has 0 atom stereocenters. The van der Waals surface area contributed by atoms with Crippen molar-refractivity contribution >= 4 is 11.8 Å². The average molecular weight is 318 g/mol. The van der Waals surface area contributed by atoms with Crippen LogP contribution in [0.5, 0.6) is 0 Å². The summed E-state index contributed by atoms with van der Waals surface area (Å²) in [7, 11) is 1.78. The minimum absolute atomic E-state index is 0.287. The fraction of sp³-hybridized carbons (Fsp3) is 0.632. The van der Waals surface area contributed by atoms with Crippen LogP contribution in [0.3, 0.4) is 0 Å². The van der Waals surface area contributed by atoms with E-state index in [0.29, 0.717) is 12.6 Å². The molecule has 0 radical (unpaired) electrons. The van der Waals surface area contributed by atoms with Gasteiger partial charge in [-0.3, -0.25) is 0 Å². The van der Waals surface area contributed by atoms with E-state index in [9.17, 15) is 4.79 Å². The van der Waals surface area contributed by atoms with Crippen LogP contribution in [-0.4, -0.2) is 29.7 Å². The lowest BCUT2D eigenvalue weighted by Gasteiger charge is -2.27. The summed E-state index contributed by atoms with van der Waals surface area (Å²) in [5, 5.41) is 3.66. The number of carbonyl (C=O) groups is 1. The third-order valence-electron chi connectivity index (χ3n) is 4.09. The lowest BCUT2D eigenvalue weighted by molar-refractivity contribution is 0.0285. The summed E-state index contributed by atoms with van der Waals surface area (Å²) >= 11 is 0. The molecule has 1 fully saturated rings. The Morgan fingerprint density at radius 1 is 1.22 bits per heavy atom. The summed E-state index contributed by atoms with van der Waals surface area (Å²) in [5.41, 5.74) is 1.80. The standard InChI is InChI=1S/C19H30N2O2/c1-19(2,3)23-18(22)21(4)14-15-10-8-9-13-17(15)20-16-11-6-5-7-12-16/h8-10,13,16,20H,5-7,11-12,14H2,1-4H3. The van der Waals surface area contributed by atoms with Crippen molar-refractivity contribution in [2.45, 2.75) is 71.1 Å². The fourth-order valence-corrected chi connectivity index (χ4v) is 2.93. The molecule has 128 valence electrons. The van der Waals surface area contributed by atoms with E-state index in [1.165, 1.54) is 32.1 Å². The molecule has 1 saturated carbocycles. The van der Waals surface area contributed by atoms with Gasteiger partial charge in [-0.25, -0.2) is 4.79 Å². The van der Waals surface area contributed by atoms with Crippen molar-refractivity contribution in [2.75, 3.05) is 12.4 Å². The maximum absolute atomic E-state index is 12.1. The Bertz CT molecular complexity index is 516. The molecular formula is C19H30N2O2. The molecule has 0 unspecified atom stereocenters. The molecule has 0 bridgehead atoms. The number of anilines is 1. The van der Waals surface area contributed by atoms with Gasteiger partial charge in [-0.2, -0.15) is 0 Å². The zero-order valence-electron chi connectivity index (χ0n) is 14.9. The van der Waals surface area contributed by atoms with Crippen LogP contribution in [0.2, 0.25) is 0 Å². The fourth-order valence-electron chi connectivity index (χ4n) is 2.93. The molecule has 2 rings (SSSR count). The Labute approximate surface area is 140 Å².